The third-order valence-corrected chi connectivity index (χ3v) is 4.10. The normalized spacial score (nSPS) is 22.7. The van der Waals surface area contributed by atoms with Crippen LogP contribution in [0.1, 0.15) is 33.5 Å². The molecule has 1 aromatic rings. The lowest BCUT2D eigenvalue weighted by molar-refractivity contribution is 0.457. The van der Waals surface area contributed by atoms with Crippen molar-refractivity contribution in [1.82, 2.24) is 15.3 Å². The first-order valence-corrected chi connectivity index (χ1v) is 5.45. The van der Waals surface area contributed by atoms with Crippen LogP contribution in [0.5, 0.6) is 0 Å². The van der Waals surface area contributed by atoms with E-state index in [-0.39, 0.29) is 0 Å². The lowest BCUT2D eigenvalue weighted by atomic mass is 10.0. The fourth-order valence-electron chi connectivity index (χ4n) is 2.32. The van der Waals surface area contributed by atoms with Gasteiger partial charge in [-0.3, -0.25) is 0 Å². The molecule has 0 amide bonds. The third-order valence-electron chi connectivity index (χ3n) is 4.10. The van der Waals surface area contributed by atoms with E-state index in [1.54, 1.807) is 12.4 Å². The molecule has 0 bridgehead atoms. The first-order chi connectivity index (χ1) is 6.96. The van der Waals surface area contributed by atoms with Crippen molar-refractivity contribution in [3.05, 3.63) is 24.3 Å². The largest absolute Gasteiger partial charge is 0.306 e. The average molecular weight is 205 g/mol. The lowest BCUT2D eigenvalue weighted by Crippen LogP contribution is -2.22. The molecule has 1 saturated carbocycles. The second-order valence-electron chi connectivity index (χ2n) is 5.42. The molecule has 0 spiro atoms. The summed E-state index contributed by atoms with van der Waals surface area (Å²) in [5.41, 5.74) is 0.754. The Morgan fingerprint density at radius 2 is 1.67 bits per heavy atom. The van der Waals surface area contributed by atoms with E-state index in [0.717, 1.165) is 12.4 Å². The van der Waals surface area contributed by atoms with Crippen molar-refractivity contribution in [3.8, 4) is 0 Å². The smallest absolute Gasteiger partial charge is 0.141 e. The summed E-state index contributed by atoms with van der Waals surface area (Å²) in [5, 5.41) is 3.53. The molecule has 0 atom stereocenters. The predicted octanol–water partition coefficient (Wildman–Crippen LogP) is 2.00. The van der Waals surface area contributed by atoms with E-state index in [1.165, 1.54) is 0 Å². The van der Waals surface area contributed by atoms with Gasteiger partial charge in [-0.1, -0.05) is 27.7 Å². The van der Waals surface area contributed by atoms with Gasteiger partial charge >= 0.3 is 0 Å². The zero-order chi connectivity index (χ0) is 11.1. The molecule has 0 aliphatic heterocycles. The SMILES string of the molecule is CC1(C)C(NCc2ncccn2)C1(C)C. The molecule has 0 unspecified atom stereocenters. The van der Waals surface area contributed by atoms with Crippen LogP contribution in [0.15, 0.2) is 18.5 Å². The minimum absolute atomic E-state index is 0.377. The zero-order valence-corrected chi connectivity index (χ0v) is 9.91. The molecule has 3 heteroatoms. The van der Waals surface area contributed by atoms with Gasteiger partial charge < -0.3 is 5.32 Å². The monoisotopic (exact) mass is 205 g/mol. The van der Waals surface area contributed by atoms with E-state index >= 15 is 0 Å². The molecular formula is C12H19N3. The van der Waals surface area contributed by atoms with Gasteiger partial charge in [-0.25, -0.2) is 9.97 Å². The van der Waals surface area contributed by atoms with Gasteiger partial charge in [0.2, 0.25) is 0 Å². The summed E-state index contributed by atoms with van der Waals surface area (Å²) in [6, 6.07) is 2.41. The van der Waals surface area contributed by atoms with Crippen LogP contribution in [0.25, 0.3) is 0 Å². The van der Waals surface area contributed by atoms with Crippen molar-refractivity contribution in [2.24, 2.45) is 10.8 Å². The second kappa shape index (κ2) is 3.27. The molecule has 1 aliphatic carbocycles. The number of hydrogen-bond donors (Lipinski definition) is 1. The highest BCUT2D eigenvalue weighted by Gasteiger charge is 2.64. The minimum atomic E-state index is 0.377. The first kappa shape index (κ1) is 10.6. The Morgan fingerprint density at radius 3 is 2.13 bits per heavy atom. The molecule has 15 heavy (non-hydrogen) atoms. The van der Waals surface area contributed by atoms with Crippen LogP contribution >= 0.6 is 0 Å². The topological polar surface area (TPSA) is 37.8 Å². The maximum Gasteiger partial charge on any atom is 0.141 e. The summed E-state index contributed by atoms with van der Waals surface area (Å²) in [6.07, 6.45) is 3.57. The van der Waals surface area contributed by atoms with Crippen LogP contribution < -0.4 is 5.32 Å². The summed E-state index contributed by atoms with van der Waals surface area (Å²) < 4.78 is 0. The maximum atomic E-state index is 4.20. The van der Waals surface area contributed by atoms with Crippen molar-refractivity contribution >= 4 is 0 Å². The molecule has 1 N–H and O–H groups in total. The molecule has 0 radical (unpaired) electrons. The average Bonchev–Trinajstić information content (AvgIpc) is 2.57. The molecule has 3 nitrogen and oxygen atoms in total. The second-order valence-corrected chi connectivity index (χ2v) is 5.42. The molecule has 1 aromatic heterocycles. The Bertz CT molecular complexity index is 329. The molecule has 1 heterocycles. The Morgan fingerprint density at radius 1 is 1.13 bits per heavy atom. The Balaban J connectivity index is 1.92. The van der Waals surface area contributed by atoms with Crippen molar-refractivity contribution in [2.45, 2.75) is 40.3 Å². The molecule has 0 saturated heterocycles. The van der Waals surface area contributed by atoms with E-state index in [1.807, 2.05) is 6.07 Å². The van der Waals surface area contributed by atoms with E-state index in [9.17, 15) is 0 Å². The molecule has 2 rings (SSSR count). The van der Waals surface area contributed by atoms with Crippen molar-refractivity contribution in [1.29, 1.82) is 0 Å². The molecular weight excluding hydrogens is 186 g/mol. The van der Waals surface area contributed by atoms with Crippen LogP contribution in [0.2, 0.25) is 0 Å². The highest BCUT2D eigenvalue weighted by Crippen LogP contribution is 2.62. The molecule has 1 fully saturated rings. The van der Waals surface area contributed by atoms with Crippen LogP contribution in [0.4, 0.5) is 0 Å². The van der Waals surface area contributed by atoms with Gasteiger partial charge in [0.25, 0.3) is 0 Å². The summed E-state index contributed by atoms with van der Waals surface area (Å²) in [4.78, 5) is 8.40. The fraction of sp³-hybridized carbons (Fsp3) is 0.667. The molecule has 1 aliphatic rings. The lowest BCUT2D eigenvalue weighted by Gasteiger charge is -2.04. The van der Waals surface area contributed by atoms with Crippen LogP contribution in [0, 0.1) is 10.8 Å². The van der Waals surface area contributed by atoms with Gasteiger partial charge in [0.05, 0.1) is 6.54 Å². The fourth-order valence-corrected chi connectivity index (χ4v) is 2.32. The maximum absolute atomic E-state index is 4.20. The van der Waals surface area contributed by atoms with Gasteiger partial charge in [0.15, 0.2) is 0 Å². The van der Waals surface area contributed by atoms with Crippen molar-refractivity contribution < 1.29 is 0 Å². The number of nitrogens with zero attached hydrogens (tertiary/aromatic N) is 2. The zero-order valence-electron chi connectivity index (χ0n) is 9.91. The van der Waals surface area contributed by atoms with Crippen molar-refractivity contribution in [3.63, 3.8) is 0 Å². The summed E-state index contributed by atoms with van der Waals surface area (Å²) in [5.74, 6) is 0.871. The number of nitrogens with one attached hydrogen (secondary N) is 1. The summed E-state index contributed by atoms with van der Waals surface area (Å²) >= 11 is 0. The summed E-state index contributed by atoms with van der Waals surface area (Å²) in [7, 11) is 0. The van der Waals surface area contributed by atoms with Gasteiger partial charge in [-0.15, -0.1) is 0 Å². The van der Waals surface area contributed by atoms with Gasteiger partial charge in [-0.05, 0) is 16.9 Å². The van der Waals surface area contributed by atoms with Crippen LogP contribution in [0.3, 0.4) is 0 Å². The van der Waals surface area contributed by atoms with E-state index in [0.29, 0.717) is 16.9 Å². The van der Waals surface area contributed by atoms with Gasteiger partial charge in [0.1, 0.15) is 5.82 Å². The Kier molecular flexibility index (Phi) is 2.30. The van der Waals surface area contributed by atoms with E-state index < -0.39 is 0 Å². The van der Waals surface area contributed by atoms with E-state index in [4.69, 9.17) is 0 Å². The Labute approximate surface area is 91.3 Å². The quantitative estimate of drug-likeness (QED) is 0.820. The van der Waals surface area contributed by atoms with Crippen molar-refractivity contribution in [2.75, 3.05) is 0 Å². The molecule has 82 valence electrons. The first-order valence-electron chi connectivity index (χ1n) is 5.45. The third kappa shape index (κ3) is 1.65. The highest BCUT2D eigenvalue weighted by molar-refractivity contribution is 5.17. The van der Waals surface area contributed by atoms with Gasteiger partial charge in [0, 0.05) is 18.4 Å². The predicted molar refractivity (Wildman–Crippen MR) is 60.2 cm³/mol. The minimum Gasteiger partial charge on any atom is -0.306 e. The Hall–Kier alpha value is -0.960. The van der Waals surface area contributed by atoms with Crippen LogP contribution in [-0.2, 0) is 6.54 Å². The number of hydrogen-bond acceptors (Lipinski definition) is 3. The van der Waals surface area contributed by atoms with E-state index in [2.05, 4.69) is 43.0 Å². The highest BCUT2D eigenvalue weighted by atomic mass is 15.1. The number of rotatable bonds is 3. The number of aromatic nitrogens is 2. The standard InChI is InChI=1S/C12H19N3/c1-11(2)10(12(11,3)4)15-8-9-13-6-5-7-14-9/h5-7,10,15H,8H2,1-4H3. The van der Waals surface area contributed by atoms with Crippen LogP contribution in [-0.4, -0.2) is 16.0 Å². The summed E-state index contributed by atoms with van der Waals surface area (Å²) in [6.45, 7) is 9.97. The molecule has 0 aromatic carbocycles. The van der Waals surface area contributed by atoms with Gasteiger partial charge in [-0.2, -0.15) is 0 Å².